The second-order valence-electron chi connectivity index (χ2n) is 4.28. The van der Waals surface area contributed by atoms with Gasteiger partial charge in [-0.1, -0.05) is 35.3 Å². The van der Waals surface area contributed by atoms with Crippen molar-refractivity contribution in [2.75, 3.05) is 7.11 Å². The molecular formula is C14H13BCl2O4. The van der Waals surface area contributed by atoms with Gasteiger partial charge < -0.3 is 19.5 Å². The Kier molecular flexibility index (Phi) is 5.36. The molecule has 0 unspecified atom stereocenters. The summed E-state index contributed by atoms with van der Waals surface area (Å²) in [5, 5.41) is 19.6. The van der Waals surface area contributed by atoms with Gasteiger partial charge >= 0.3 is 7.12 Å². The number of halogens is 2. The number of hydrogen-bond donors (Lipinski definition) is 2. The standard InChI is InChI=1S/C14H13BCl2O4/c1-20-10-5-6-13(11(7-10)15(18)19)21-8-9-3-2-4-12(16)14(9)17/h2-7,18-19H,8H2,1H3. The molecule has 0 heterocycles. The first-order valence-electron chi connectivity index (χ1n) is 6.12. The fourth-order valence-corrected chi connectivity index (χ4v) is 2.18. The van der Waals surface area contributed by atoms with Gasteiger partial charge in [0.05, 0.1) is 17.2 Å². The van der Waals surface area contributed by atoms with Gasteiger partial charge in [-0.3, -0.25) is 0 Å². The molecule has 0 saturated heterocycles. The third-order valence-electron chi connectivity index (χ3n) is 2.91. The number of benzene rings is 2. The minimum Gasteiger partial charge on any atom is -0.497 e. The highest BCUT2D eigenvalue weighted by Crippen LogP contribution is 2.26. The lowest BCUT2D eigenvalue weighted by Crippen LogP contribution is -2.31. The largest absolute Gasteiger partial charge is 0.497 e. The van der Waals surface area contributed by atoms with Gasteiger partial charge in [0.2, 0.25) is 0 Å². The lowest BCUT2D eigenvalue weighted by molar-refractivity contribution is 0.306. The van der Waals surface area contributed by atoms with Crippen molar-refractivity contribution in [1.29, 1.82) is 0 Å². The second kappa shape index (κ2) is 7.05. The molecule has 7 heteroatoms. The van der Waals surface area contributed by atoms with E-state index >= 15 is 0 Å². The van der Waals surface area contributed by atoms with Crippen LogP contribution in [0.15, 0.2) is 36.4 Å². The highest BCUT2D eigenvalue weighted by molar-refractivity contribution is 6.59. The van der Waals surface area contributed by atoms with E-state index in [4.69, 9.17) is 32.7 Å². The summed E-state index contributed by atoms with van der Waals surface area (Å²) in [6.45, 7) is 0.158. The lowest BCUT2D eigenvalue weighted by Gasteiger charge is -2.13. The van der Waals surface area contributed by atoms with E-state index in [0.29, 0.717) is 27.1 Å². The molecule has 0 spiro atoms. The van der Waals surface area contributed by atoms with Gasteiger partial charge in [-0.25, -0.2) is 0 Å². The Morgan fingerprint density at radius 1 is 1.14 bits per heavy atom. The number of rotatable bonds is 5. The van der Waals surface area contributed by atoms with Crippen molar-refractivity contribution in [2.45, 2.75) is 6.61 Å². The van der Waals surface area contributed by atoms with E-state index in [1.165, 1.54) is 13.2 Å². The Hall–Kier alpha value is -1.40. The monoisotopic (exact) mass is 326 g/mol. The molecule has 0 bridgehead atoms. The van der Waals surface area contributed by atoms with Gasteiger partial charge in [0, 0.05) is 11.0 Å². The lowest BCUT2D eigenvalue weighted by atomic mass is 9.79. The zero-order valence-electron chi connectivity index (χ0n) is 11.2. The Morgan fingerprint density at radius 2 is 1.90 bits per heavy atom. The number of methoxy groups -OCH3 is 1. The SMILES string of the molecule is COc1ccc(OCc2cccc(Cl)c2Cl)c(B(O)O)c1. The molecule has 0 fully saturated rings. The Balaban J connectivity index is 2.21. The smallest absolute Gasteiger partial charge is 0.492 e. The van der Waals surface area contributed by atoms with E-state index in [-0.39, 0.29) is 12.1 Å². The van der Waals surface area contributed by atoms with E-state index in [9.17, 15) is 10.0 Å². The van der Waals surface area contributed by atoms with Crippen LogP contribution in [-0.4, -0.2) is 24.3 Å². The molecule has 2 N–H and O–H groups in total. The van der Waals surface area contributed by atoms with Gasteiger partial charge in [0.1, 0.15) is 18.1 Å². The summed E-state index contributed by atoms with van der Waals surface area (Å²) < 4.78 is 10.6. The van der Waals surface area contributed by atoms with E-state index in [1.807, 2.05) is 0 Å². The summed E-state index contributed by atoms with van der Waals surface area (Å²) in [7, 11) is -0.167. The Morgan fingerprint density at radius 3 is 2.57 bits per heavy atom. The van der Waals surface area contributed by atoms with E-state index < -0.39 is 7.12 Å². The molecule has 21 heavy (non-hydrogen) atoms. The first-order chi connectivity index (χ1) is 10.0. The van der Waals surface area contributed by atoms with Crippen LogP contribution in [0.2, 0.25) is 10.0 Å². The fourth-order valence-electron chi connectivity index (χ4n) is 1.80. The van der Waals surface area contributed by atoms with Gasteiger partial charge in [0.15, 0.2) is 0 Å². The van der Waals surface area contributed by atoms with Crippen LogP contribution < -0.4 is 14.9 Å². The minimum absolute atomic E-state index is 0.158. The van der Waals surface area contributed by atoms with Crippen molar-refractivity contribution < 1.29 is 19.5 Å². The maximum absolute atomic E-state index is 9.39. The zero-order valence-corrected chi connectivity index (χ0v) is 12.7. The van der Waals surface area contributed by atoms with Crippen LogP contribution in [0.5, 0.6) is 11.5 Å². The van der Waals surface area contributed by atoms with Crippen molar-refractivity contribution in [2.24, 2.45) is 0 Å². The predicted octanol–water partition coefficient (Wildman–Crippen LogP) is 2.26. The topological polar surface area (TPSA) is 58.9 Å². The van der Waals surface area contributed by atoms with Crippen molar-refractivity contribution in [3.8, 4) is 11.5 Å². The molecule has 2 aromatic rings. The van der Waals surface area contributed by atoms with Crippen molar-refractivity contribution in [1.82, 2.24) is 0 Å². The maximum Gasteiger partial charge on any atom is 0.492 e. The molecule has 0 amide bonds. The van der Waals surface area contributed by atoms with Crippen molar-refractivity contribution in [3.05, 3.63) is 52.0 Å². The molecule has 0 saturated carbocycles. The third kappa shape index (κ3) is 3.83. The normalized spacial score (nSPS) is 10.3. The molecule has 0 radical (unpaired) electrons. The van der Waals surface area contributed by atoms with Crippen LogP contribution in [0, 0.1) is 0 Å². The van der Waals surface area contributed by atoms with E-state index in [2.05, 4.69) is 0 Å². The maximum atomic E-state index is 9.39. The third-order valence-corrected chi connectivity index (χ3v) is 3.77. The van der Waals surface area contributed by atoms with Crippen LogP contribution in [0.3, 0.4) is 0 Å². The first kappa shape index (κ1) is 16.0. The molecular weight excluding hydrogens is 314 g/mol. The summed E-state index contributed by atoms with van der Waals surface area (Å²) in [5.74, 6) is 0.841. The van der Waals surface area contributed by atoms with Crippen molar-refractivity contribution >= 4 is 35.8 Å². The van der Waals surface area contributed by atoms with Gasteiger partial charge in [-0.15, -0.1) is 0 Å². The average Bonchev–Trinajstić information content (AvgIpc) is 2.48. The van der Waals surface area contributed by atoms with Crippen LogP contribution in [0.1, 0.15) is 5.56 Å². The molecule has 0 aliphatic heterocycles. The van der Waals surface area contributed by atoms with Crippen molar-refractivity contribution in [3.63, 3.8) is 0 Å². The summed E-state index contributed by atoms with van der Waals surface area (Å²) in [6, 6.07) is 10.0. The van der Waals surface area contributed by atoms with Crippen LogP contribution in [0.25, 0.3) is 0 Å². The summed E-state index contributed by atoms with van der Waals surface area (Å²) in [6.07, 6.45) is 0. The summed E-state index contributed by atoms with van der Waals surface area (Å²) >= 11 is 12.0. The van der Waals surface area contributed by atoms with Crippen LogP contribution >= 0.6 is 23.2 Å². The second-order valence-corrected chi connectivity index (χ2v) is 5.06. The summed E-state index contributed by atoms with van der Waals surface area (Å²) in [5.41, 5.74) is 0.922. The molecule has 4 nitrogen and oxygen atoms in total. The summed E-state index contributed by atoms with van der Waals surface area (Å²) in [4.78, 5) is 0. The molecule has 0 aromatic heterocycles. The quantitative estimate of drug-likeness (QED) is 0.827. The molecule has 0 aliphatic rings. The molecule has 0 atom stereocenters. The minimum atomic E-state index is -1.66. The zero-order chi connectivity index (χ0) is 15.4. The van der Waals surface area contributed by atoms with E-state index in [1.54, 1.807) is 30.3 Å². The number of hydrogen-bond acceptors (Lipinski definition) is 4. The highest BCUT2D eigenvalue weighted by Gasteiger charge is 2.18. The fraction of sp³-hybridized carbons (Fsp3) is 0.143. The molecule has 2 aromatic carbocycles. The average molecular weight is 327 g/mol. The number of ether oxygens (including phenoxy) is 2. The Bertz CT molecular complexity index is 634. The molecule has 0 aliphatic carbocycles. The van der Waals surface area contributed by atoms with Gasteiger partial charge in [-0.05, 0) is 24.3 Å². The first-order valence-corrected chi connectivity index (χ1v) is 6.88. The van der Waals surface area contributed by atoms with E-state index in [0.717, 1.165) is 0 Å². The molecule has 110 valence electrons. The highest BCUT2D eigenvalue weighted by atomic mass is 35.5. The molecule has 2 rings (SSSR count). The van der Waals surface area contributed by atoms with Crippen LogP contribution in [-0.2, 0) is 6.61 Å². The Labute approximate surface area is 133 Å². The van der Waals surface area contributed by atoms with Gasteiger partial charge in [-0.2, -0.15) is 0 Å². The van der Waals surface area contributed by atoms with Gasteiger partial charge in [0.25, 0.3) is 0 Å². The van der Waals surface area contributed by atoms with Crippen LogP contribution in [0.4, 0.5) is 0 Å². The predicted molar refractivity (Wildman–Crippen MR) is 83.6 cm³/mol.